The normalized spacial score (nSPS) is 40.5. The van der Waals surface area contributed by atoms with Gasteiger partial charge in [-0.25, -0.2) is 0 Å². The van der Waals surface area contributed by atoms with Gasteiger partial charge in [0, 0.05) is 7.26 Å². The van der Waals surface area contributed by atoms with Crippen LogP contribution in [0.25, 0.3) is 0 Å². The standard InChI is InChI=1S/C17H33P2/c1-5-15-10-11-16(6-2)18(15)12-14-19(4)13-8-9-17(19)7-3/h12,14-17H,5-11,13H2,1-4H3/q+1/b14-12-/t15-,16-,17-,19?/m1/s1. The Balaban J connectivity index is 2.07. The van der Waals surface area contributed by atoms with Gasteiger partial charge in [0.1, 0.15) is 0 Å². The summed E-state index contributed by atoms with van der Waals surface area (Å²) in [6.07, 6.45) is 11.8. The van der Waals surface area contributed by atoms with Crippen molar-refractivity contribution in [2.24, 2.45) is 0 Å². The molecule has 4 atom stereocenters. The highest BCUT2D eigenvalue weighted by Gasteiger charge is 2.43. The molecule has 0 spiro atoms. The molecule has 0 aliphatic carbocycles. The predicted molar refractivity (Wildman–Crippen MR) is 94.5 cm³/mol. The number of hydrogen-bond acceptors (Lipinski definition) is 0. The monoisotopic (exact) mass is 299 g/mol. The minimum atomic E-state index is -0.721. The van der Waals surface area contributed by atoms with E-state index in [-0.39, 0.29) is 7.92 Å². The maximum atomic E-state index is 2.79. The van der Waals surface area contributed by atoms with Gasteiger partial charge in [0.25, 0.3) is 0 Å². The van der Waals surface area contributed by atoms with Gasteiger partial charge in [-0.1, -0.05) is 28.7 Å². The molecule has 2 saturated heterocycles. The van der Waals surface area contributed by atoms with E-state index in [1.54, 1.807) is 6.16 Å². The molecule has 2 aliphatic rings. The first-order valence-corrected chi connectivity index (χ1v) is 12.6. The molecule has 2 rings (SSSR count). The lowest BCUT2D eigenvalue weighted by Gasteiger charge is -2.24. The van der Waals surface area contributed by atoms with E-state index in [1.807, 2.05) is 0 Å². The summed E-state index contributed by atoms with van der Waals surface area (Å²) in [6.45, 7) is 9.87. The molecule has 0 bridgehead atoms. The smallest absolute Gasteiger partial charge is 0.0734 e. The van der Waals surface area contributed by atoms with Gasteiger partial charge in [-0.05, 0) is 62.1 Å². The molecule has 0 aromatic rings. The van der Waals surface area contributed by atoms with Gasteiger partial charge in [0.15, 0.2) is 0 Å². The summed E-state index contributed by atoms with van der Waals surface area (Å²) in [7, 11) is -0.518. The average Bonchev–Trinajstić information content (AvgIpc) is 2.99. The minimum absolute atomic E-state index is 0.203. The van der Waals surface area contributed by atoms with Gasteiger partial charge in [-0.15, -0.1) is 0 Å². The van der Waals surface area contributed by atoms with E-state index in [2.05, 4.69) is 39.1 Å². The van der Waals surface area contributed by atoms with E-state index in [0.29, 0.717) is 0 Å². The van der Waals surface area contributed by atoms with Crippen LogP contribution in [0.15, 0.2) is 11.6 Å². The number of rotatable bonds is 5. The molecule has 2 heterocycles. The van der Waals surface area contributed by atoms with Crippen LogP contribution in [0.1, 0.15) is 65.7 Å². The molecule has 0 aromatic heterocycles. The summed E-state index contributed by atoms with van der Waals surface area (Å²) < 4.78 is 0. The second kappa shape index (κ2) is 7.04. The van der Waals surface area contributed by atoms with Crippen LogP contribution in [0.5, 0.6) is 0 Å². The first-order chi connectivity index (χ1) is 9.14. The zero-order chi connectivity index (χ0) is 13.9. The minimum Gasteiger partial charge on any atom is -0.0734 e. The Morgan fingerprint density at radius 1 is 1.00 bits per heavy atom. The van der Waals surface area contributed by atoms with Crippen molar-refractivity contribution in [3.05, 3.63) is 11.6 Å². The second-order valence-corrected chi connectivity index (χ2v) is 13.5. The Morgan fingerprint density at radius 3 is 2.16 bits per heavy atom. The highest BCUT2D eigenvalue weighted by Crippen LogP contribution is 2.70. The van der Waals surface area contributed by atoms with Crippen LogP contribution in [0.4, 0.5) is 0 Å². The fourth-order valence-electron chi connectivity index (χ4n) is 4.25. The van der Waals surface area contributed by atoms with Crippen LogP contribution in [-0.2, 0) is 0 Å². The lowest BCUT2D eigenvalue weighted by Crippen LogP contribution is -2.05. The van der Waals surface area contributed by atoms with Crippen LogP contribution in [0.3, 0.4) is 0 Å². The van der Waals surface area contributed by atoms with Gasteiger partial charge in [-0.2, -0.15) is 0 Å². The van der Waals surface area contributed by atoms with E-state index >= 15 is 0 Å². The van der Waals surface area contributed by atoms with E-state index in [1.165, 1.54) is 44.9 Å². The molecule has 0 nitrogen and oxygen atoms in total. The molecule has 0 radical (unpaired) electrons. The van der Waals surface area contributed by atoms with Crippen LogP contribution in [0, 0.1) is 0 Å². The van der Waals surface area contributed by atoms with Crippen molar-refractivity contribution >= 4 is 15.2 Å². The molecule has 1 unspecified atom stereocenters. The summed E-state index contributed by atoms with van der Waals surface area (Å²) >= 11 is 0. The molecule has 19 heavy (non-hydrogen) atoms. The van der Waals surface area contributed by atoms with Crippen LogP contribution >= 0.6 is 15.2 Å². The van der Waals surface area contributed by atoms with E-state index < -0.39 is 7.26 Å². The van der Waals surface area contributed by atoms with Crippen molar-refractivity contribution in [3.63, 3.8) is 0 Å². The Hall–Kier alpha value is 0.600. The van der Waals surface area contributed by atoms with Gasteiger partial charge in [0.05, 0.1) is 24.3 Å². The zero-order valence-electron chi connectivity index (χ0n) is 13.4. The first kappa shape index (κ1) is 16.0. The largest absolute Gasteiger partial charge is 0.0735 e. The Morgan fingerprint density at radius 2 is 1.63 bits per heavy atom. The summed E-state index contributed by atoms with van der Waals surface area (Å²) in [5, 5.41) is 0. The van der Waals surface area contributed by atoms with Gasteiger partial charge < -0.3 is 0 Å². The summed E-state index contributed by atoms with van der Waals surface area (Å²) in [4.78, 5) is 0. The maximum absolute atomic E-state index is 2.79. The van der Waals surface area contributed by atoms with Crippen molar-refractivity contribution in [1.29, 1.82) is 0 Å². The third-order valence-electron chi connectivity index (χ3n) is 5.68. The molecule has 0 saturated carbocycles. The molecule has 110 valence electrons. The molecule has 2 aliphatic heterocycles. The zero-order valence-corrected chi connectivity index (χ0v) is 15.2. The highest BCUT2D eigenvalue weighted by atomic mass is 31.2. The second-order valence-electron chi connectivity index (χ2n) is 6.72. The van der Waals surface area contributed by atoms with Gasteiger partial charge >= 0.3 is 0 Å². The molecule has 0 aromatic carbocycles. The third kappa shape index (κ3) is 3.44. The Labute approximate surface area is 122 Å². The molecular formula is C17H33P2+. The topological polar surface area (TPSA) is 0 Å². The Kier molecular flexibility index (Phi) is 5.92. The first-order valence-electron chi connectivity index (χ1n) is 8.46. The summed E-state index contributed by atoms with van der Waals surface area (Å²) in [5.41, 5.74) is 3.15. The van der Waals surface area contributed by atoms with Gasteiger partial charge in [0.2, 0.25) is 0 Å². The van der Waals surface area contributed by atoms with Crippen LogP contribution in [0.2, 0.25) is 0 Å². The fourth-order valence-corrected chi connectivity index (χ4v) is 12.1. The summed E-state index contributed by atoms with van der Waals surface area (Å²) in [6, 6.07) is 0. The summed E-state index contributed by atoms with van der Waals surface area (Å²) in [5.74, 6) is 5.56. The lowest BCUT2D eigenvalue weighted by atomic mass is 10.1. The van der Waals surface area contributed by atoms with Crippen molar-refractivity contribution in [3.8, 4) is 0 Å². The van der Waals surface area contributed by atoms with Crippen molar-refractivity contribution in [2.45, 2.75) is 82.7 Å². The van der Waals surface area contributed by atoms with Crippen molar-refractivity contribution in [1.82, 2.24) is 0 Å². The predicted octanol–water partition coefficient (Wildman–Crippen LogP) is 6.51. The van der Waals surface area contributed by atoms with Crippen molar-refractivity contribution in [2.75, 3.05) is 12.8 Å². The van der Waals surface area contributed by atoms with Gasteiger partial charge in [-0.3, -0.25) is 0 Å². The third-order valence-corrected chi connectivity index (χ3v) is 13.7. The van der Waals surface area contributed by atoms with E-state index in [9.17, 15) is 0 Å². The van der Waals surface area contributed by atoms with Crippen LogP contribution in [-0.4, -0.2) is 29.8 Å². The maximum Gasteiger partial charge on any atom is 0.0735 e. The quantitative estimate of drug-likeness (QED) is 0.507. The molecule has 2 heteroatoms. The molecule has 0 amide bonds. The van der Waals surface area contributed by atoms with E-state index in [0.717, 1.165) is 17.0 Å². The SMILES string of the molecule is CC[C@@H]1CC[C@@H](CC)P1/C=C\[P+]1(C)CCC[C@H]1CC. The van der Waals surface area contributed by atoms with E-state index in [4.69, 9.17) is 0 Å². The Bertz CT molecular complexity index is 300. The molecule has 2 fully saturated rings. The van der Waals surface area contributed by atoms with Crippen molar-refractivity contribution < 1.29 is 0 Å². The molecular weight excluding hydrogens is 266 g/mol. The fraction of sp³-hybridized carbons (Fsp3) is 0.882. The average molecular weight is 299 g/mol. The number of hydrogen-bond donors (Lipinski definition) is 0. The highest BCUT2D eigenvalue weighted by molar-refractivity contribution is 7.79. The molecule has 0 N–H and O–H groups in total. The van der Waals surface area contributed by atoms with Crippen LogP contribution < -0.4 is 0 Å². The lowest BCUT2D eigenvalue weighted by molar-refractivity contribution is 0.696.